The standard InChI is InChI=1S/C17H19N5OS/c1-12(2)8-16-20-21-17(24-16)19-15(23)9-13-10-18-22(11-13)14-6-4-3-5-7-14/h3-7,10-12H,8-9H2,1-2H3,(H,19,21,23). The van der Waals surface area contributed by atoms with Gasteiger partial charge in [-0.2, -0.15) is 5.10 Å². The SMILES string of the molecule is CC(C)Cc1nnc(NC(=O)Cc2cnn(-c3ccccc3)c2)s1. The average Bonchev–Trinajstić information content (AvgIpc) is 3.17. The molecule has 3 aromatic rings. The molecule has 0 radical (unpaired) electrons. The van der Waals surface area contributed by atoms with Crippen LogP contribution in [0, 0.1) is 5.92 Å². The predicted molar refractivity (Wildman–Crippen MR) is 94.3 cm³/mol. The van der Waals surface area contributed by atoms with Gasteiger partial charge in [0, 0.05) is 12.6 Å². The van der Waals surface area contributed by atoms with Crippen molar-refractivity contribution in [1.29, 1.82) is 0 Å². The number of carbonyl (C=O) groups excluding carboxylic acids is 1. The third-order valence-electron chi connectivity index (χ3n) is 3.32. The molecule has 0 aliphatic rings. The molecule has 0 aliphatic carbocycles. The van der Waals surface area contributed by atoms with Gasteiger partial charge in [-0.25, -0.2) is 4.68 Å². The summed E-state index contributed by atoms with van der Waals surface area (Å²) in [6, 6.07) is 9.79. The second-order valence-electron chi connectivity index (χ2n) is 5.95. The van der Waals surface area contributed by atoms with Gasteiger partial charge in [-0.15, -0.1) is 10.2 Å². The van der Waals surface area contributed by atoms with E-state index >= 15 is 0 Å². The lowest BCUT2D eigenvalue weighted by Gasteiger charge is -2.00. The third kappa shape index (κ3) is 4.26. The van der Waals surface area contributed by atoms with E-state index in [1.807, 2.05) is 36.5 Å². The first-order valence-electron chi connectivity index (χ1n) is 7.81. The third-order valence-corrected chi connectivity index (χ3v) is 4.18. The van der Waals surface area contributed by atoms with E-state index in [0.29, 0.717) is 11.0 Å². The van der Waals surface area contributed by atoms with E-state index in [0.717, 1.165) is 22.7 Å². The number of nitrogens with zero attached hydrogens (tertiary/aromatic N) is 4. The maximum Gasteiger partial charge on any atom is 0.230 e. The quantitative estimate of drug-likeness (QED) is 0.748. The molecule has 0 saturated carbocycles. The number of carbonyl (C=O) groups is 1. The fourth-order valence-corrected chi connectivity index (χ4v) is 3.23. The molecule has 2 aromatic heterocycles. The molecule has 0 aliphatic heterocycles. The fourth-order valence-electron chi connectivity index (χ4n) is 2.26. The van der Waals surface area contributed by atoms with Crippen molar-refractivity contribution in [2.75, 3.05) is 5.32 Å². The number of amides is 1. The van der Waals surface area contributed by atoms with Gasteiger partial charge >= 0.3 is 0 Å². The van der Waals surface area contributed by atoms with Crippen molar-refractivity contribution in [3.63, 3.8) is 0 Å². The second-order valence-corrected chi connectivity index (χ2v) is 7.01. The number of para-hydroxylation sites is 1. The number of anilines is 1. The van der Waals surface area contributed by atoms with Crippen molar-refractivity contribution in [3.05, 3.63) is 53.3 Å². The van der Waals surface area contributed by atoms with Crippen LogP contribution in [0.5, 0.6) is 0 Å². The van der Waals surface area contributed by atoms with Crippen LogP contribution >= 0.6 is 11.3 Å². The molecule has 0 spiro atoms. The number of aromatic nitrogens is 4. The zero-order chi connectivity index (χ0) is 16.9. The smallest absolute Gasteiger partial charge is 0.230 e. The Morgan fingerprint density at radius 3 is 2.79 bits per heavy atom. The minimum Gasteiger partial charge on any atom is -0.300 e. The molecule has 0 atom stereocenters. The van der Waals surface area contributed by atoms with Crippen LogP contribution in [-0.4, -0.2) is 25.9 Å². The summed E-state index contributed by atoms with van der Waals surface area (Å²) in [5, 5.41) is 16.7. The Morgan fingerprint density at radius 1 is 1.25 bits per heavy atom. The summed E-state index contributed by atoms with van der Waals surface area (Å²) in [7, 11) is 0. The van der Waals surface area contributed by atoms with Crippen LogP contribution in [0.4, 0.5) is 5.13 Å². The van der Waals surface area contributed by atoms with Crippen molar-refractivity contribution in [2.45, 2.75) is 26.7 Å². The monoisotopic (exact) mass is 341 g/mol. The Kier molecular flexibility index (Phi) is 5.00. The van der Waals surface area contributed by atoms with Crippen molar-refractivity contribution < 1.29 is 4.79 Å². The zero-order valence-electron chi connectivity index (χ0n) is 13.6. The molecule has 1 amide bonds. The van der Waals surface area contributed by atoms with E-state index in [-0.39, 0.29) is 12.3 Å². The van der Waals surface area contributed by atoms with Gasteiger partial charge in [-0.1, -0.05) is 43.4 Å². The van der Waals surface area contributed by atoms with Gasteiger partial charge in [0.05, 0.1) is 18.3 Å². The highest BCUT2D eigenvalue weighted by molar-refractivity contribution is 7.15. The topological polar surface area (TPSA) is 72.7 Å². The van der Waals surface area contributed by atoms with Crippen molar-refractivity contribution in [2.24, 2.45) is 5.92 Å². The predicted octanol–water partition coefficient (Wildman–Crippen LogP) is 3.10. The summed E-state index contributed by atoms with van der Waals surface area (Å²) >= 11 is 1.43. The van der Waals surface area contributed by atoms with Gasteiger partial charge < -0.3 is 5.32 Å². The van der Waals surface area contributed by atoms with E-state index in [2.05, 4.69) is 34.5 Å². The number of hydrogen-bond donors (Lipinski definition) is 1. The first-order valence-corrected chi connectivity index (χ1v) is 8.63. The Morgan fingerprint density at radius 2 is 2.04 bits per heavy atom. The van der Waals surface area contributed by atoms with E-state index in [1.165, 1.54) is 11.3 Å². The largest absolute Gasteiger partial charge is 0.300 e. The molecule has 0 fully saturated rings. The highest BCUT2D eigenvalue weighted by Crippen LogP contribution is 2.18. The van der Waals surface area contributed by atoms with E-state index in [1.54, 1.807) is 10.9 Å². The Balaban J connectivity index is 1.59. The first kappa shape index (κ1) is 16.3. The van der Waals surface area contributed by atoms with Crippen LogP contribution in [0.15, 0.2) is 42.7 Å². The number of nitrogens with one attached hydrogen (secondary N) is 1. The molecule has 0 unspecified atom stereocenters. The van der Waals surface area contributed by atoms with Gasteiger partial charge in [0.2, 0.25) is 11.0 Å². The van der Waals surface area contributed by atoms with Gasteiger partial charge in [-0.05, 0) is 23.6 Å². The van der Waals surface area contributed by atoms with E-state index in [4.69, 9.17) is 0 Å². The lowest BCUT2D eigenvalue weighted by atomic mass is 10.1. The molecule has 0 saturated heterocycles. The molecular formula is C17H19N5OS. The van der Waals surface area contributed by atoms with Crippen molar-refractivity contribution in [3.8, 4) is 5.69 Å². The molecule has 1 aromatic carbocycles. The molecular weight excluding hydrogens is 322 g/mol. The van der Waals surface area contributed by atoms with Crippen molar-refractivity contribution >= 4 is 22.4 Å². The van der Waals surface area contributed by atoms with Gasteiger partial charge in [0.25, 0.3) is 0 Å². The minimum atomic E-state index is -0.116. The van der Waals surface area contributed by atoms with Crippen molar-refractivity contribution in [1.82, 2.24) is 20.0 Å². The molecule has 24 heavy (non-hydrogen) atoms. The lowest BCUT2D eigenvalue weighted by molar-refractivity contribution is -0.115. The lowest BCUT2D eigenvalue weighted by Crippen LogP contribution is -2.13. The number of benzene rings is 1. The molecule has 6 nitrogen and oxygen atoms in total. The molecule has 124 valence electrons. The normalized spacial score (nSPS) is 11.0. The first-order chi connectivity index (χ1) is 11.6. The molecule has 1 N–H and O–H groups in total. The summed E-state index contributed by atoms with van der Waals surface area (Å²) in [6.45, 7) is 4.26. The van der Waals surface area contributed by atoms with Gasteiger partial charge in [-0.3, -0.25) is 4.79 Å². The molecule has 2 heterocycles. The Hall–Kier alpha value is -2.54. The zero-order valence-corrected chi connectivity index (χ0v) is 14.5. The summed E-state index contributed by atoms with van der Waals surface area (Å²) in [6.07, 6.45) is 4.69. The highest BCUT2D eigenvalue weighted by Gasteiger charge is 2.11. The summed E-state index contributed by atoms with van der Waals surface area (Å²) in [5.41, 5.74) is 1.81. The minimum absolute atomic E-state index is 0.116. The van der Waals surface area contributed by atoms with Crippen LogP contribution in [-0.2, 0) is 17.6 Å². The van der Waals surface area contributed by atoms with Gasteiger partial charge in [0.15, 0.2) is 0 Å². The summed E-state index contributed by atoms with van der Waals surface area (Å²) in [5.74, 6) is 0.403. The second kappa shape index (κ2) is 7.35. The molecule has 0 bridgehead atoms. The molecule has 3 rings (SSSR count). The van der Waals surface area contributed by atoms with Crippen LogP contribution in [0.1, 0.15) is 24.4 Å². The average molecular weight is 341 g/mol. The molecule has 7 heteroatoms. The highest BCUT2D eigenvalue weighted by atomic mass is 32.1. The fraction of sp³-hybridized carbons (Fsp3) is 0.294. The van der Waals surface area contributed by atoms with E-state index < -0.39 is 0 Å². The Bertz CT molecular complexity index is 809. The van der Waals surface area contributed by atoms with Crippen LogP contribution in [0.3, 0.4) is 0 Å². The summed E-state index contributed by atoms with van der Waals surface area (Å²) in [4.78, 5) is 12.1. The maximum atomic E-state index is 12.1. The number of rotatable bonds is 6. The Labute approximate surface area is 144 Å². The number of hydrogen-bond acceptors (Lipinski definition) is 5. The van der Waals surface area contributed by atoms with Crippen LogP contribution < -0.4 is 5.32 Å². The maximum absolute atomic E-state index is 12.1. The van der Waals surface area contributed by atoms with Gasteiger partial charge in [0.1, 0.15) is 5.01 Å². The van der Waals surface area contributed by atoms with Crippen LogP contribution in [0.25, 0.3) is 5.69 Å². The van der Waals surface area contributed by atoms with Crippen LogP contribution in [0.2, 0.25) is 0 Å². The van der Waals surface area contributed by atoms with E-state index in [9.17, 15) is 4.79 Å². The summed E-state index contributed by atoms with van der Waals surface area (Å²) < 4.78 is 1.76.